The summed E-state index contributed by atoms with van der Waals surface area (Å²) in [6, 6.07) is 13.1. The van der Waals surface area contributed by atoms with Crippen molar-refractivity contribution in [2.45, 2.75) is 13.0 Å². The van der Waals surface area contributed by atoms with E-state index >= 15 is 0 Å². The van der Waals surface area contributed by atoms with Gasteiger partial charge in [0.25, 0.3) is 5.91 Å². The zero-order chi connectivity index (χ0) is 16.1. The number of carboxylic acids is 1. The Morgan fingerprint density at radius 3 is 2.36 bits per heavy atom. The van der Waals surface area contributed by atoms with Gasteiger partial charge >= 0.3 is 5.97 Å². The number of carbonyl (C=O) groups is 2. The minimum absolute atomic E-state index is 0.314. The predicted molar refractivity (Wildman–Crippen MR) is 83.6 cm³/mol. The molecule has 22 heavy (non-hydrogen) atoms. The number of anilines is 1. The monoisotopic (exact) mass is 319 g/mol. The van der Waals surface area contributed by atoms with E-state index in [2.05, 4.69) is 5.32 Å². The first-order valence-electron chi connectivity index (χ1n) is 6.53. The van der Waals surface area contributed by atoms with Gasteiger partial charge in [-0.15, -0.1) is 0 Å². The Hall–Kier alpha value is -2.53. The number of carboxylic acid groups (broad SMARTS) is 1. The van der Waals surface area contributed by atoms with Gasteiger partial charge in [-0.1, -0.05) is 23.7 Å². The number of halogens is 1. The van der Waals surface area contributed by atoms with Crippen LogP contribution in [0.2, 0.25) is 5.02 Å². The van der Waals surface area contributed by atoms with E-state index in [0.29, 0.717) is 22.0 Å². The molecule has 0 bridgehead atoms. The Kier molecular flexibility index (Phi) is 5.01. The molecule has 0 saturated heterocycles. The lowest BCUT2D eigenvalue weighted by atomic mass is 10.2. The van der Waals surface area contributed by atoms with Crippen molar-refractivity contribution in [3.63, 3.8) is 0 Å². The number of hydrogen-bond donors (Lipinski definition) is 2. The number of rotatable bonds is 5. The number of carbonyl (C=O) groups excluding carboxylic acids is 1. The molecule has 114 valence electrons. The first-order valence-corrected chi connectivity index (χ1v) is 6.90. The SMILES string of the molecule is C[C@H](Oc1ccc(C(=O)Nc2ccccc2Cl)cc1)C(=O)O. The number of nitrogens with one attached hydrogen (secondary N) is 1. The van der Waals surface area contributed by atoms with E-state index in [-0.39, 0.29) is 5.91 Å². The summed E-state index contributed by atoms with van der Waals surface area (Å²) in [5.41, 5.74) is 0.934. The number of ether oxygens (including phenoxy) is 1. The molecule has 2 rings (SSSR count). The van der Waals surface area contributed by atoms with Crippen molar-refractivity contribution >= 4 is 29.2 Å². The van der Waals surface area contributed by atoms with Gasteiger partial charge < -0.3 is 15.2 Å². The van der Waals surface area contributed by atoms with Crippen LogP contribution in [0.15, 0.2) is 48.5 Å². The van der Waals surface area contributed by atoms with Gasteiger partial charge in [-0.3, -0.25) is 4.79 Å². The number of hydrogen-bond acceptors (Lipinski definition) is 3. The highest BCUT2D eigenvalue weighted by Crippen LogP contribution is 2.21. The smallest absolute Gasteiger partial charge is 0.344 e. The summed E-state index contributed by atoms with van der Waals surface area (Å²) in [5.74, 6) is -0.990. The van der Waals surface area contributed by atoms with Crippen molar-refractivity contribution < 1.29 is 19.4 Å². The summed E-state index contributed by atoms with van der Waals surface area (Å²) < 4.78 is 5.20. The number of benzene rings is 2. The molecule has 5 nitrogen and oxygen atoms in total. The molecular weight excluding hydrogens is 306 g/mol. The summed E-state index contributed by atoms with van der Waals surface area (Å²) in [4.78, 5) is 22.8. The Bertz CT molecular complexity index is 685. The molecule has 6 heteroatoms. The van der Waals surface area contributed by atoms with Crippen LogP contribution in [-0.4, -0.2) is 23.1 Å². The summed E-state index contributed by atoms with van der Waals surface area (Å²) in [6.07, 6.45) is -0.956. The third kappa shape index (κ3) is 3.99. The predicted octanol–water partition coefficient (Wildman–Crippen LogP) is 3.44. The molecule has 0 aliphatic carbocycles. The van der Waals surface area contributed by atoms with Crippen LogP contribution < -0.4 is 10.1 Å². The second-order valence-electron chi connectivity index (χ2n) is 4.56. The quantitative estimate of drug-likeness (QED) is 0.885. The van der Waals surface area contributed by atoms with Crippen LogP contribution in [0.25, 0.3) is 0 Å². The van der Waals surface area contributed by atoms with E-state index in [9.17, 15) is 9.59 Å². The highest BCUT2D eigenvalue weighted by molar-refractivity contribution is 6.33. The maximum absolute atomic E-state index is 12.1. The molecule has 0 heterocycles. The van der Waals surface area contributed by atoms with Crippen molar-refractivity contribution in [1.29, 1.82) is 0 Å². The van der Waals surface area contributed by atoms with Gasteiger partial charge in [0.1, 0.15) is 5.75 Å². The summed E-state index contributed by atoms with van der Waals surface area (Å²) in [7, 11) is 0. The maximum Gasteiger partial charge on any atom is 0.344 e. The van der Waals surface area contributed by atoms with Crippen LogP contribution >= 0.6 is 11.6 Å². The molecule has 0 aromatic heterocycles. The highest BCUT2D eigenvalue weighted by atomic mass is 35.5. The normalized spacial score (nSPS) is 11.5. The van der Waals surface area contributed by atoms with E-state index < -0.39 is 12.1 Å². The molecule has 2 aromatic rings. The van der Waals surface area contributed by atoms with Gasteiger partial charge in [0.2, 0.25) is 0 Å². The minimum atomic E-state index is -1.06. The van der Waals surface area contributed by atoms with E-state index in [1.54, 1.807) is 48.5 Å². The number of para-hydroxylation sites is 1. The first-order chi connectivity index (χ1) is 10.5. The number of amides is 1. The van der Waals surface area contributed by atoms with E-state index in [1.807, 2.05) is 0 Å². The van der Waals surface area contributed by atoms with Crippen molar-refractivity contribution in [3.05, 3.63) is 59.1 Å². The minimum Gasteiger partial charge on any atom is -0.479 e. The van der Waals surface area contributed by atoms with Gasteiger partial charge in [0.05, 0.1) is 10.7 Å². The lowest BCUT2D eigenvalue weighted by molar-refractivity contribution is -0.144. The standard InChI is InChI=1S/C16H14ClNO4/c1-10(16(20)21)22-12-8-6-11(7-9-12)15(19)18-14-5-3-2-4-13(14)17/h2-10H,1H3,(H,18,19)(H,20,21)/t10-/m0/s1. The van der Waals surface area contributed by atoms with E-state index in [0.717, 1.165) is 0 Å². The Morgan fingerprint density at radius 1 is 1.14 bits per heavy atom. The molecule has 0 saturated carbocycles. The van der Waals surface area contributed by atoms with Gasteiger partial charge in [-0.25, -0.2) is 4.79 Å². The Morgan fingerprint density at radius 2 is 1.77 bits per heavy atom. The average molecular weight is 320 g/mol. The van der Waals surface area contributed by atoms with E-state index in [1.165, 1.54) is 6.92 Å². The zero-order valence-electron chi connectivity index (χ0n) is 11.7. The van der Waals surface area contributed by atoms with Gasteiger partial charge in [0, 0.05) is 5.56 Å². The van der Waals surface area contributed by atoms with Crippen LogP contribution in [0.3, 0.4) is 0 Å². The fourth-order valence-electron chi connectivity index (χ4n) is 1.70. The molecule has 0 unspecified atom stereocenters. The molecule has 2 N–H and O–H groups in total. The molecular formula is C16H14ClNO4. The topological polar surface area (TPSA) is 75.6 Å². The van der Waals surface area contributed by atoms with Crippen LogP contribution in [0.1, 0.15) is 17.3 Å². The molecule has 0 spiro atoms. The average Bonchev–Trinajstić information content (AvgIpc) is 2.50. The van der Waals surface area contributed by atoms with Crippen molar-refractivity contribution in [3.8, 4) is 5.75 Å². The molecule has 0 aliphatic rings. The molecule has 1 amide bonds. The summed E-state index contributed by atoms with van der Waals surface area (Å²) >= 11 is 5.98. The molecule has 0 aliphatic heterocycles. The fraction of sp³-hybridized carbons (Fsp3) is 0.125. The van der Waals surface area contributed by atoms with Gasteiger partial charge in [-0.2, -0.15) is 0 Å². The van der Waals surface area contributed by atoms with Crippen molar-refractivity contribution in [1.82, 2.24) is 0 Å². The third-order valence-electron chi connectivity index (χ3n) is 2.90. The lowest BCUT2D eigenvalue weighted by Crippen LogP contribution is -2.22. The molecule has 2 aromatic carbocycles. The largest absolute Gasteiger partial charge is 0.479 e. The lowest BCUT2D eigenvalue weighted by Gasteiger charge is -2.11. The fourth-order valence-corrected chi connectivity index (χ4v) is 1.88. The molecule has 0 fully saturated rings. The van der Waals surface area contributed by atoms with Crippen LogP contribution in [0, 0.1) is 0 Å². The molecule has 1 atom stereocenters. The third-order valence-corrected chi connectivity index (χ3v) is 3.23. The van der Waals surface area contributed by atoms with E-state index in [4.69, 9.17) is 21.4 Å². The number of aliphatic carboxylic acids is 1. The van der Waals surface area contributed by atoms with Crippen LogP contribution in [0.5, 0.6) is 5.75 Å². The van der Waals surface area contributed by atoms with Crippen LogP contribution in [-0.2, 0) is 4.79 Å². The maximum atomic E-state index is 12.1. The first kappa shape index (κ1) is 15.9. The summed E-state index contributed by atoms with van der Waals surface area (Å²) in [5, 5.41) is 11.9. The second-order valence-corrected chi connectivity index (χ2v) is 4.96. The van der Waals surface area contributed by atoms with Crippen LogP contribution in [0.4, 0.5) is 5.69 Å². The Balaban J connectivity index is 2.05. The second kappa shape index (κ2) is 6.95. The van der Waals surface area contributed by atoms with Crippen molar-refractivity contribution in [2.75, 3.05) is 5.32 Å². The van der Waals surface area contributed by atoms with Crippen molar-refractivity contribution in [2.24, 2.45) is 0 Å². The summed E-state index contributed by atoms with van der Waals surface area (Å²) in [6.45, 7) is 1.43. The molecule has 0 radical (unpaired) electrons. The van der Waals surface area contributed by atoms with Gasteiger partial charge in [-0.05, 0) is 43.3 Å². The van der Waals surface area contributed by atoms with Gasteiger partial charge in [0.15, 0.2) is 6.10 Å². The zero-order valence-corrected chi connectivity index (χ0v) is 12.5. The Labute approximate surface area is 132 Å². The highest BCUT2D eigenvalue weighted by Gasteiger charge is 2.13.